The molecular weight excluding hydrogens is 365 g/mol. The summed E-state index contributed by atoms with van der Waals surface area (Å²) in [6.07, 6.45) is 1.47. The van der Waals surface area contributed by atoms with Crippen LogP contribution in [-0.2, 0) is 4.79 Å². The molecule has 0 aliphatic heterocycles. The Hall–Kier alpha value is -2.06. The summed E-state index contributed by atoms with van der Waals surface area (Å²) in [5.41, 5.74) is 0. The molecule has 1 aromatic carbocycles. The zero-order valence-electron chi connectivity index (χ0n) is 14.5. The van der Waals surface area contributed by atoms with Gasteiger partial charge < -0.3 is 20.5 Å². The predicted octanol–water partition coefficient (Wildman–Crippen LogP) is 2.09. The number of nitrogens with zero attached hydrogens (tertiary/aromatic N) is 1. The van der Waals surface area contributed by atoms with Crippen LogP contribution < -0.4 is 15.4 Å². The number of nitrogens with one attached hydrogen (secondary N) is 2. The van der Waals surface area contributed by atoms with Crippen LogP contribution >= 0.6 is 11.6 Å². The number of ether oxygens (including phenoxy) is 1. The number of hydrogen-bond acceptors (Lipinski definition) is 4. The van der Waals surface area contributed by atoms with Gasteiger partial charge in [-0.25, -0.2) is 9.18 Å². The summed E-state index contributed by atoms with van der Waals surface area (Å²) in [5, 5.41) is 14.4. The molecule has 2 amide bonds. The molecule has 26 heavy (non-hydrogen) atoms. The highest BCUT2D eigenvalue weighted by Crippen LogP contribution is 2.25. The first-order valence-electron chi connectivity index (χ1n) is 8.47. The van der Waals surface area contributed by atoms with Crippen LogP contribution in [0.4, 0.5) is 9.18 Å². The Morgan fingerprint density at radius 1 is 1.42 bits per heavy atom. The lowest BCUT2D eigenvalue weighted by Gasteiger charge is -2.42. The number of aliphatic carboxylic acids is 1. The number of amides is 2. The number of likely N-dealkylation sites (N-methyl/N-ethyl adjacent to an activating group) is 1. The van der Waals surface area contributed by atoms with Gasteiger partial charge in [-0.05, 0) is 31.5 Å². The van der Waals surface area contributed by atoms with Gasteiger partial charge in [0.2, 0.25) is 0 Å². The minimum atomic E-state index is -0.844. The van der Waals surface area contributed by atoms with Crippen LogP contribution in [-0.4, -0.2) is 60.3 Å². The van der Waals surface area contributed by atoms with E-state index >= 15 is 0 Å². The van der Waals surface area contributed by atoms with E-state index in [4.69, 9.17) is 21.4 Å². The van der Waals surface area contributed by atoms with Gasteiger partial charge in [0.15, 0.2) is 0 Å². The van der Waals surface area contributed by atoms with Gasteiger partial charge in [-0.1, -0.05) is 18.5 Å². The van der Waals surface area contributed by atoms with Gasteiger partial charge in [0, 0.05) is 18.2 Å². The summed E-state index contributed by atoms with van der Waals surface area (Å²) in [4.78, 5) is 24.5. The Bertz CT molecular complexity index is 640. The van der Waals surface area contributed by atoms with Gasteiger partial charge in [-0.15, -0.1) is 0 Å². The third-order valence-corrected chi connectivity index (χ3v) is 4.55. The maximum absolute atomic E-state index is 13.0. The van der Waals surface area contributed by atoms with Crippen molar-refractivity contribution in [2.75, 3.05) is 26.2 Å². The molecule has 0 aromatic heterocycles. The fourth-order valence-electron chi connectivity index (χ4n) is 2.81. The van der Waals surface area contributed by atoms with Crippen LogP contribution in [0.3, 0.4) is 0 Å². The van der Waals surface area contributed by atoms with E-state index in [0.717, 1.165) is 12.8 Å². The lowest BCUT2D eigenvalue weighted by molar-refractivity contribution is -0.139. The predicted molar refractivity (Wildman–Crippen MR) is 95.1 cm³/mol. The van der Waals surface area contributed by atoms with Crippen molar-refractivity contribution >= 4 is 23.6 Å². The third kappa shape index (κ3) is 6.03. The first-order valence-corrected chi connectivity index (χ1v) is 8.85. The number of benzene rings is 1. The SMILES string of the molecule is CCN(CC(=O)O)C1CC(NC(=O)NCCOc2ccc(F)c(Cl)c2)C1. The van der Waals surface area contributed by atoms with Crippen LogP contribution in [0.25, 0.3) is 0 Å². The molecular formula is C17H23ClFN3O4. The topological polar surface area (TPSA) is 90.9 Å². The van der Waals surface area contributed by atoms with E-state index in [1.54, 1.807) is 0 Å². The molecule has 2 rings (SSSR count). The van der Waals surface area contributed by atoms with Gasteiger partial charge in [0.1, 0.15) is 18.2 Å². The maximum atomic E-state index is 13.0. The Balaban J connectivity index is 1.60. The Kier molecular flexibility index (Phi) is 7.47. The van der Waals surface area contributed by atoms with E-state index in [-0.39, 0.29) is 42.8 Å². The highest BCUT2D eigenvalue weighted by atomic mass is 35.5. The molecule has 0 unspecified atom stereocenters. The van der Waals surface area contributed by atoms with Gasteiger partial charge in [-0.2, -0.15) is 0 Å². The van der Waals surface area contributed by atoms with Gasteiger partial charge in [-0.3, -0.25) is 9.69 Å². The summed E-state index contributed by atoms with van der Waals surface area (Å²) in [6.45, 7) is 3.12. The van der Waals surface area contributed by atoms with Crippen molar-refractivity contribution in [1.29, 1.82) is 0 Å². The van der Waals surface area contributed by atoms with E-state index < -0.39 is 11.8 Å². The third-order valence-electron chi connectivity index (χ3n) is 4.26. The minimum absolute atomic E-state index is 0.0169. The number of carboxylic acid groups (broad SMARTS) is 1. The summed E-state index contributed by atoms with van der Waals surface area (Å²) in [5.74, 6) is -0.928. The van der Waals surface area contributed by atoms with E-state index in [9.17, 15) is 14.0 Å². The molecule has 1 aliphatic rings. The monoisotopic (exact) mass is 387 g/mol. The molecule has 0 heterocycles. The lowest BCUT2D eigenvalue weighted by atomic mass is 9.85. The number of carbonyl (C=O) groups excluding carboxylic acids is 1. The van der Waals surface area contributed by atoms with Crippen molar-refractivity contribution in [3.05, 3.63) is 29.0 Å². The molecule has 3 N–H and O–H groups in total. The molecule has 1 fully saturated rings. The molecule has 7 nitrogen and oxygen atoms in total. The second kappa shape index (κ2) is 9.59. The second-order valence-corrected chi connectivity index (χ2v) is 6.51. The second-order valence-electron chi connectivity index (χ2n) is 6.10. The molecule has 0 bridgehead atoms. The fourth-order valence-corrected chi connectivity index (χ4v) is 2.98. The summed E-state index contributed by atoms with van der Waals surface area (Å²) in [7, 11) is 0. The molecule has 1 aromatic rings. The standard InChI is InChI=1S/C17H23ClFN3O4/c1-2-22(10-16(23)24)12-7-11(8-12)21-17(25)20-5-6-26-13-3-4-15(19)14(18)9-13/h3-4,9,11-12H,2,5-8,10H2,1H3,(H,23,24)(H2,20,21,25). The molecule has 144 valence electrons. The van der Waals surface area contributed by atoms with Crippen LogP contribution in [0, 0.1) is 5.82 Å². The number of halogens is 2. The summed E-state index contributed by atoms with van der Waals surface area (Å²) < 4.78 is 18.4. The Morgan fingerprint density at radius 2 is 2.15 bits per heavy atom. The number of hydrogen-bond donors (Lipinski definition) is 3. The number of carbonyl (C=O) groups is 2. The van der Waals surface area contributed by atoms with E-state index in [1.165, 1.54) is 18.2 Å². The molecule has 0 saturated heterocycles. The van der Waals surface area contributed by atoms with Gasteiger partial charge >= 0.3 is 12.0 Å². The van der Waals surface area contributed by atoms with Gasteiger partial charge in [0.05, 0.1) is 18.1 Å². The smallest absolute Gasteiger partial charge is 0.317 e. The first-order chi connectivity index (χ1) is 12.4. The van der Waals surface area contributed by atoms with Crippen LogP contribution in [0.5, 0.6) is 5.75 Å². The van der Waals surface area contributed by atoms with E-state index in [0.29, 0.717) is 12.3 Å². The molecule has 0 spiro atoms. The average Bonchev–Trinajstić information content (AvgIpc) is 2.55. The zero-order valence-corrected chi connectivity index (χ0v) is 15.3. The largest absolute Gasteiger partial charge is 0.492 e. The number of rotatable bonds is 9. The first kappa shape index (κ1) is 20.3. The Morgan fingerprint density at radius 3 is 2.77 bits per heavy atom. The quantitative estimate of drug-likeness (QED) is 0.564. The molecule has 0 atom stereocenters. The van der Waals surface area contributed by atoms with Crippen molar-refractivity contribution in [1.82, 2.24) is 15.5 Å². The highest BCUT2D eigenvalue weighted by Gasteiger charge is 2.34. The molecule has 0 radical (unpaired) electrons. The van der Waals surface area contributed by atoms with Crippen molar-refractivity contribution in [2.45, 2.75) is 31.8 Å². The number of carboxylic acids is 1. The van der Waals surface area contributed by atoms with Crippen molar-refractivity contribution in [2.24, 2.45) is 0 Å². The normalized spacial score (nSPS) is 18.9. The minimum Gasteiger partial charge on any atom is -0.492 e. The summed E-state index contributed by atoms with van der Waals surface area (Å²) >= 11 is 5.66. The Labute approximate surface area is 156 Å². The van der Waals surface area contributed by atoms with Crippen molar-refractivity contribution < 1.29 is 23.8 Å². The average molecular weight is 388 g/mol. The van der Waals surface area contributed by atoms with E-state index in [2.05, 4.69) is 10.6 Å². The van der Waals surface area contributed by atoms with E-state index in [1.807, 2.05) is 11.8 Å². The summed E-state index contributed by atoms with van der Waals surface area (Å²) in [6, 6.07) is 3.99. The highest BCUT2D eigenvalue weighted by molar-refractivity contribution is 6.30. The zero-order chi connectivity index (χ0) is 19.1. The number of urea groups is 1. The van der Waals surface area contributed by atoms with Crippen LogP contribution in [0.2, 0.25) is 5.02 Å². The lowest BCUT2D eigenvalue weighted by Crippen LogP contribution is -2.56. The van der Waals surface area contributed by atoms with Crippen molar-refractivity contribution in [3.8, 4) is 5.75 Å². The fraction of sp³-hybridized carbons (Fsp3) is 0.529. The van der Waals surface area contributed by atoms with Crippen molar-refractivity contribution in [3.63, 3.8) is 0 Å². The van der Waals surface area contributed by atoms with Gasteiger partial charge in [0.25, 0.3) is 0 Å². The van der Waals surface area contributed by atoms with Crippen LogP contribution in [0.1, 0.15) is 19.8 Å². The molecule has 1 saturated carbocycles. The molecule has 9 heteroatoms. The van der Waals surface area contributed by atoms with Crippen LogP contribution in [0.15, 0.2) is 18.2 Å². The molecule has 1 aliphatic carbocycles. The maximum Gasteiger partial charge on any atom is 0.317 e.